The van der Waals surface area contributed by atoms with Crippen LogP contribution < -0.4 is 5.73 Å². The molecule has 1 aliphatic carbocycles. The van der Waals surface area contributed by atoms with Crippen LogP contribution in [-0.2, 0) is 4.74 Å². The zero-order valence-corrected chi connectivity index (χ0v) is 12.1. The van der Waals surface area contributed by atoms with Gasteiger partial charge in [-0.1, -0.05) is 6.92 Å². The van der Waals surface area contributed by atoms with Gasteiger partial charge in [-0.25, -0.2) is 0 Å². The van der Waals surface area contributed by atoms with Crippen molar-refractivity contribution in [2.45, 2.75) is 45.1 Å². The number of nitrogens with zero attached hydrogens (tertiary/aromatic N) is 1. The van der Waals surface area contributed by atoms with E-state index < -0.39 is 0 Å². The van der Waals surface area contributed by atoms with Crippen LogP contribution in [0.2, 0.25) is 0 Å². The van der Waals surface area contributed by atoms with E-state index in [1.54, 1.807) is 0 Å². The van der Waals surface area contributed by atoms with Crippen LogP contribution in [0.1, 0.15) is 39.0 Å². The van der Waals surface area contributed by atoms with Gasteiger partial charge in [0.2, 0.25) is 0 Å². The maximum atomic E-state index is 6.29. The van der Waals surface area contributed by atoms with E-state index in [0.717, 1.165) is 24.4 Å². The third kappa shape index (κ3) is 3.94. The SMILES string of the molecule is COCC1CCN(CC2CC(C)CCC2N)CC1. The summed E-state index contributed by atoms with van der Waals surface area (Å²) in [5.74, 6) is 2.39. The number of piperidine rings is 1. The predicted octanol–water partition coefficient (Wildman–Crippen LogP) is 2.11. The summed E-state index contributed by atoms with van der Waals surface area (Å²) in [7, 11) is 1.81. The number of rotatable bonds is 4. The van der Waals surface area contributed by atoms with Crippen LogP contribution in [0.25, 0.3) is 0 Å². The van der Waals surface area contributed by atoms with E-state index in [2.05, 4.69) is 11.8 Å². The van der Waals surface area contributed by atoms with Gasteiger partial charge >= 0.3 is 0 Å². The first-order valence-electron chi connectivity index (χ1n) is 7.66. The van der Waals surface area contributed by atoms with Crippen molar-refractivity contribution in [2.75, 3.05) is 33.4 Å². The fourth-order valence-corrected chi connectivity index (χ4v) is 3.64. The maximum Gasteiger partial charge on any atom is 0.0491 e. The highest BCUT2D eigenvalue weighted by molar-refractivity contribution is 4.84. The molecule has 0 aromatic carbocycles. The van der Waals surface area contributed by atoms with Gasteiger partial charge < -0.3 is 15.4 Å². The molecule has 0 aromatic rings. The van der Waals surface area contributed by atoms with Crippen LogP contribution >= 0.6 is 0 Å². The van der Waals surface area contributed by atoms with E-state index in [1.807, 2.05) is 7.11 Å². The number of methoxy groups -OCH3 is 1. The molecule has 0 radical (unpaired) electrons. The molecule has 0 aromatic heterocycles. The van der Waals surface area contributed by atoms with Crippen LogP contribution in [0.15, 0.2) is 0 Å². The third-order valence-electron chi connectivity index (χ3n) is 4.91. The quantitative estimate of drug-likeness (QED) is 0.835. The molecule has 0 amide bonds. The Labute approximate surface area is 112 Å². The number of likely N-dealkylation sites (tertiary alicyclic amines) is 1. The normalized spacial score (nSPS) is 35.8. The van der Waals surface area contributed by atoms with Crippen LogP contribution in [0.5, 0.6) is 0 Å². The van der Waals surface area contributed by atoms with E-state index in [9.17, 15) is 0 Å². The lowest BCUT2D eigenvalue weighted by Crippen LogP contribution is -2.45. The average molecular weight is 254 g/mol. The molecule has 106 valence electrons. The Morgan fingerprint density at radius 2 is 1.89 bits per heavy atom. The van der Waals surface area contributed by atoms with E-state index in [1.165, 1.54) is 51.7 Å². The maximum absolute atomic E-state index is 6.29. The van der Waals surface area contributed by atoms with Gasteiger partial charge in [-0.15, -0.1) is 0 Å². The Bertz CT molecular complexity index is 239. The molecule has 1 saturated carbocycles. The molecule has 2 rings (SSSR count). The molecule has 18 heavy (non-hydrogen) atoms. The largest absolute Gasteiger partial charge is 0.384 e. The second-order valence-corrected chi connectivity index (χ2v) is 6.54. The fourth-order valence-electron chi connectivity index (χ4n) is 3.64. The molecule has 3 unspecified atom stereocenters. The van der Waals surface area contributed by atoms with Crippen molar-refractivity contribution in [3.8, 4) is 0 Å². The molecule has 2 aliphatic rings. The molecule has 1 aliphatic heterocycles. The minimum atomic E-state index is 0.442. The van der Waals surface area contributed by atoms with Crippen LogP contribution in [0.3, 0.4) is 0 Å². The van der Waals surface area contributed by atoms with Gasteiger partial charge in [0, 0.05) is 26.3 Å². The van der Waals surface area contributed by atoms with Crippen molar-refractivity contribution in [3.63, 3.8) is 0 Å². The number of hydrogen-bond donors (Lipinski definition) is 1. The minimum Gasteiger partial charge on any atom is -0.384 e. The summed E-state index contributed by atoms with van der Waals surface area (Å²) >= 11 is 0. The molecule has 3 atom stereocenters. The smallest absolute Gasteiger partial charge is 0.0491 e. The first-order valence-corrected chi connectivity index (χ1v) is 7.66. The second-order valence-electron chi connectivity index (χ2n) is 6.54. The van der Waals surface area contributed by atoms with Crippen molar-refractivity contribution in [2.24, 2.45) is 23.5 Å². The summed E-state index contributed by atoms with van der Waals surface area (Å²) in [5, 5.41) is 0. The van der Waals surface area contributed by atoms with Gasteiger partial charge in [-0.05, 0) is 62.9 Å². The standard InChI is InChI=1S/C15H30N2O/c1-12-3-4-15(16)14(9-12)10-17-7-5-13(6-8-17)11-18-2/h12-15H,3-11,16H2,1-2H3. The van der Waals surface area contributed by atoms with E-state index >= 15 is 0 Å². The molecular weight excluding hydrogens is 224 g/mol. The van der Waals surface area contributed by atoms with Gasteiger partial charge in [0.1, 0.15) is 0 Å². The average Bonchev–Trinajstić information content (AvgIpc) is 2.37. The van der Waals surface area contributed by atoms with Gasteiger partial charge in [-0.3, -0.25) is 0 Å². The first kappa shape index (κ1) is 14.3. The van der Waals surface area contributed by atoms with Crippen LogP contribution in [0, 0.1) is 17.8 Å². The molecule has 0 spiro atoms. The number of nitrogens with two attached hydrogens (primary N) is 1. The molecule has 2 N–H and O–H groups in total. The summed E-state index contributed by atoms with van der Waals surface area (Å²) < 4.78 is 5.26. The Kier molecular flexibility index (Phi) is 5.46. The Morgan fingerprint density at radius 3 is 2.56 bits per heavy atom. The summed E-state index contributed by atoms with van der Waals surface area (Å²) in [5.41, 5.74) is 6.29. The lowest BCUT2D eigenvalue weighted by atomic mass is 9.78. The van der Waals surface area contributed by atoms with Gasteiger partial charge in [-0.2, -0.15) is 0 Å². The zero-order chi connectivity index (χ0) is 13.0. The molecular formula is C15H30N2O. The molecule has 1 saturated heterocycles. The number of ether oxygens (including phenoxy) is 1. The number of hydrogen-bond acceptors (Lipinski definition) is 3. The highest BCUT2D eigenvalue weighted by atomic mass is 16.5. The van der Waals surface area contributed by atoms with Crippen molar-refractivity contribution in [1.29, 1.82) is 0 Å². The monoisotopic (exact) mass is 254 g/mol. The highest BCUT2D eigenvalue weighted by Gasteiger charge is 2.29. The third-order valence-corrected chi connectivity index (χ3v) is 4.91. The van der Waals surface area contributed by atoms with Crippen LogP contribution in [-0.4, -0.2) is 44.3 Å². The molecule has 2 fully saturated rings. The summed E-state index contributed by atoms with van der Waals surface area (Å²) in [6, 6.07) is 0.442. The summed E-state index contributed by atoms with van der Waals surface area (Å²) in [4.78, 5) is 2.63. The highest BCUT2D eigenvalue weighted by Crippen LogP contribution is 2.29. The Morgan fingerprint density at radius 1 is 1.17 bits per heavy atom. The molecule has 3 nitrogen and oxygen atoms in total. The lowest BCUT2D eigenvalue weighted by molar-refractivity contribution is 0.0821. The zero-order valence-electron chi connectivity index (χ0n) is 12.1. The van der Waals surface area contributed by atoms with Crippen LogP contribution in [0.4, 0.5) is 0 Å². The molecule has 0 bridgehead atoms. The molecule has 3 heteroatoms. The Hall–Kier alpha value is -0.120. The van der Waals surface area contributed by atoms with E-state index in [4.69, 9.17) is 10.5 Å². The van der Waals surface area contributed by atoms with Gasteiger partial charge in [0.15, 0.2) is 0 Å². The lowest BCUT2D eigenvalue weighted by Gasteiger charge is -2.39. The van der Waals surface area contributed by atoms with Crippen molar-refractivity contribution in [1.82, 2.24) is 4.90 Å². The topological polar surface area (TPSA) is 38.5 Å². The van der Waals surface area contributed by atoms with Crippen molar-refractivity contribution >= 4 is 0 Å². The van der Waals surface area contributed by atoms with Gasteiger partial charge in [0.25, 0.3) is 0 Å². The molecule has 1 heterocycles. The Balaban J connectivity index is 1.73. The second kappa shape index (κ2) is 6.88. The summed E-state index contributed by atoms with van der Waals surface area (Å²) in [6.45, 7) is 7.03. The minimum absolute atomic E-state index is 0.442. The fraction of sp³-hybridized carbons (Fsp3) is 1.00. The van der Waals surface area contributed by atoms with E-state index in [0.29, 0.717) is 6.04 Å². The van der Waals surface area contributed by atoms with E-state index in [-0.39, 0.29) is 0 Å². The van der Waals surface area contributed by atoms with Gasteiger partial charge in [0.05, 0.1) is 0 Å². The summed E-state index contributed by atoms with van der Waals surface area (Å²) in [6.07, 6.45) is 6.48. The van der Waals surface area contributed by atoms with Crippen molar-refractivity contribution < 1.29 is 4.74 Å². The first-order chi connectivity index (χ1) is 8.69. The van der Waals surface area contributed by atoms with Crippen molar-refractivity contribution in [3.05, 3.63) is 0 Å². The predicted molar refractivity (Wildman–Crippen MR) is 75.5 cm³/mol.